The number of nitrogens with one attached hydrogen (secondary N) is 1. The Balaban J connectivity index is 1.91. The number of hydrogen-bond donors (Lipinski definition) is 2. The number of ether oxygens (including phenoxy) is 1. The molecule has 0 radical (unpaired) electrons. The molecule has 1 aliphatic rings. The van der Waals surface area contributed by atoms with Crippen molar-refractivity contribution < 1.29 is 9.53 Å². The van der Waals surface area contributed by atoms with Crippen molar-refractivity contribution >= 4 is 5.91 Å². The summed E-state index contributed by atoms with van der Waals surface area (Å²) < 4.78 is 5.74. The number of hydrogen-bond acceptors (Lipinski definition) is 3. The summed E-state index contributed by atoms with van der Waals surface area (Å²) in [4.78, 5) is 11.2. The molecule has 0 aliphatic carbocycles. The van der Waals surface area contributed by atoms with Gasteiger partial charge in [-0.25, -0.2) is 0 Å². The second-order valence-electron chi connectivity index (χ2n) is 7.05. The van der Waals surface area contributed by atoms with E-state index in [-0.39, 0.29) is 5.91 Å². The van der Waals surface area contributed by atoms with Crippen LogP contribution in [0.2, 0.25) is 0 Å². The van der Waals surface area contributed by atoms with Crippen LogP contribution < -0.4 is 11.1 Å². The van der Waals surface area contributed by atoms with E-state index in [1.807, 2.05) is 0 Å². The van der Waals surface area contributed by atoms with Crippen molar-refractivity contribution in [3.05, 3.63) is 0 Å². The highest BCUT2D eigenvalue weighted by molar-refractivity contribution is 5.74. The third kappa shape index (κ3) is 9.98. The number of carbonyl (C=O) groups is 1. The lowest BCUT2D eigenvalue weighted by Crippen LogP contribution is -2.44. The molecule has 1 fully saturated rings. The lowest BCUT2D eigenvalue weighted by atomic mass is 9.99. The van der Waals surface area contributed by atoms with E-state index in [0.717, 1.165) is 19.4 Å². The Labute approximate surface area is 142 Å². The van der Waals surface area contributed by atoms with Crippen molar-refractivity contribution in [3.8, 4) is 0 Å². The average Bonchev–Trinajstić information content (AvgIpc) is 2.96. The molecule has 0 saturated carbocycles. The first-order chi connectivity index (χ1) is 11.2. The van der Waals surface area contributed by atoms with Gasteiger partial charge < -0.3 is 10.5 Å². The molecule has 1 amide bonds. The Bertz CT molecular complexity index is 302. The first-order valence-corrected chi connectivity index (χ1v) is 9.86. The van der Waals surface area contributed by atoms with Gasteiger partial charge in [0.05, 0.1) is 13.0 Å². The molecule has 1 saturated heterocycles. The fourth-order valence-corrected chi connectivity index (χ4v) is 3.47. The first kappa shape index (κ1) is 20.4. The van der Waals surface area contributed by atoms with E-state index in [1.165, 1.54) is 70.6 Å². The molecule has 23 heavy (non-hydrogen) atoms. The molecule has 1 heterocycles. The van der Waals surface area contributed by atoms with E-state index in [2.05, 4.69) is 12.2 Å². The van der Waals surface area contributed by atoms with Crippen LogP contribution in [0.4, 0.5) is 0 Å². The number of primary amides is 1. The van der Waals surface area contributed by atoms with E-state index in [0.29, 0.717) is 13.0 Å². The van der Waals surface area contributed by atoms with Crippen LogP contribution in [0.15, 0.2) is 0 Å². The maximum Gasteiger partial charge on any atom is 0.221 e. The average molecular weight is 327 g/mol. The predicted octanol–water partition coefficient (Wildman–Crippen LogP) is 4.27. The van der Waals surface area contributed by atoms with Crippen LogP contribution >= 0.6 is 0 Å². The van der Waals surface area contributed by atoms with Gasteiger partial charge >= 0.3 is 0 Å². The molecule has 0 spiro atoms. The minimum Gasteiger partial charge on any atom is -0.370 e. The highest BCUT2D eigenvalue weighted by atomic mass is 16.5. The summed E-state index contributed by atoms with van der Waals surface area (Å²) in [6.45, 7) is 3.78. The minimum atomic E-state index is -0.468. The fourth-order valence-electron chi connectivity index (χ4n) is 3.47. The molecule has 3 N–H and O–H groups in total. The molecule has 1 unspecified atom stereocenters. The number of amides is 1. The summed E-state index contributed by atoms with van der Waals surface area (Å²) in [7, 11) is 0. The number of nitrogens with two attached hydrogens (primary N) is 1. The van der Waals surface area contributed by atoms with Gasteiger partial charge in [-0.05, 0) is 12.8 Å². The van der Waals surface area contributed by atoms with Crippen molar-refractivity contribution in [2.24, 2.45) is 5.73 Å². The maximum atomic E-state index is 11.2. The van der Waals surface area contributed by atoms with E-state index in [1.54, 1.807) is 0 Å². The van der Waals surface area contributed by atoms with E-state index >= 15 is 0 Å². The molecule has 136 valence electrons. The fraction of sp³-hybridized carbons (Fsp3) is 0.947. The van der Waals surface area contributed by atoms with Crippen LogP contribution in [0.1, 0.15) is 96.8 Å². The van der Waals surface area contributed by atoms with Gasteiger partial charge in [0.15, 0.2) is 0 Å². The predicted molar refractivity (Wildman–Crippen MR) is 96.2 cm³/mol. The largest absolute Gasteiger partial charge is 0.370 e. The Morgan fingerprint density at radius 2 is 1.48 bits per heavy atom. The van der Waals surface area contributed by atoms with Gasteiger partial charge in [0, 0.05) is 6.54 Å². The Morgan fingerprint density at radius 3 is 1.91 bits per heavy atom. The van der Waals surface area contributed by atoms with E-state index in [4.69, 9.17) is 10.5 Å². The van der Waals surface area contributed by atoms with Crippen LogP contribution in [0.25, 0.3) is 0 Å². The molecule has 0 aromatic carbocycles. The number of carbonyl (C=O) groups excluding carboxylic acids is 1. The molecule has 1 atom stereocenters. The van der Waals surface area contributed by atoms with Crippen molar-refractivity contribution in [2.45, 2.75) is 103 Å². The summed E-state index contributed by atoms with van der Waals surface area (Å²) in [5.41, 5.74) is 4.87. The molecule has 0 aromatic rings. The van der Waals surface area contributed by atoms with Crippen LogP contribution in [-0.4, -0.2) is 24.8 Å². The zero-order valence-corrected chi connectivity index (χ0v) is 15.2. The van der Waals surface area contributed by atoms with Gasteiger partial charge in [-0.1, -0.05) is 77.6 Å². The molecular formula is C19H38N2O2. The van der Waals surface area contributed by atoms with Crippen molar-refractivity contribution in [1.82, 2.24) is 5.32 Å². The Hall–Kier alpha value is -0.610. The standard InChI is InChI=1S/C19H38N2O2/c1-2-3-4-5-6-7-8-9-10-11-12-13-14-19(17-18(20)22)21-15-16-23-19/h21H,2-17H2,1H3,(H2,20,22). The maximum absolute atomic E-state index is 11.2. The lowest BCUT2D eigenvalue weighted by Gasteiger charge is -2.27. The third-order valence-corrected chi connectivity index (χ3v) is 4.82. The van der Waals surface area contributed by atoms with Gasteiger partial charge in [-0.15, -0.1) is 0 Å². The number of unbranched alkanes of at least 4 members (excludes halogenated alkanes) is 11. The summed E-state index contributed by atoms with van der Waals surface area (Å²) in [5, 5.41) is 3.32. The van der Waals surface area contributed by atoms with Crippen LogP contribution in [-0.2, 0) is 9.53 Å². The SMILES string of the molecule is CCCCCCCCCCCCCCC1(CC(N)=O)NCCO1. The van der Waals surface area contributed by atoms with Crippen molar-refractivity contribution in [3.63, 3.8) is 0 Å². The zero-order chi connectivity index (χ0) is 16.8. The smallest absolute Gasteiger partial charge is 0.221 e. The molecular weight excluding hydrogens is 288 g/mol. The van der Waals surface area contributed by atoms with E-state index in [9.17, 15) is 4.79 Å². The van der Waals surface area contributed by atoms with Gasteiger partial charge in [0.1, 0.15) is 5.72 Å². The highest BCUT2D eigenvalue weighted by Gasteiger charge is 2.35. The number of rotatable bonds is 15. The molecule has 4 heteroatoms. The molecule has 0 aromatic heterocycles. The quantitative estimate of drug-likeness (QED) is 0.442. The topological polar surface area (TPSA) is 64.4 Å². The highest BCUT2D eigenvalue weighted by Crippen LogP contribution is 2.24. The molecule has 4 nitrogen and oxygen atoms in total. The minimum absolute atomic E-state index is 0.279. The summed E-state index contributed by atoms with van der Waals surface area (Å²) in [6, 6.07) is 0. The van der Waals surface area contributed by atoms with E-state index < -0.39 is 5.72 Å². The van der Waals surface area contributed by atoms with Crippen LogP contribution in [0, 0.1) is 0 Å². The third-order valence-electron chi connectivity index (χ3n) is 4.82. The summed E-state index contributed by atoms with van der Waals surface area (Å²) in [6.07, 6.45) is 17.3. The monoisotopic (exact) mass is 326 g/mol. The lowest BCUT2D eigenvalue weighted by molar-refractivity contribution is -0.125. The molecule has 0 bridgehead atoms. The normalized spacial score (nSPS) is 20.9. The Kier molecular flexibility index (Phi) is 11.3. The Morgan fingerprint density at radius 1 is 0.957 bits per heavy atom. The van der Waals surface area contributed by atoms with Gasteiger partial charge in [0.2, 0.25) is 5.91 Å². The van der Waals surface area contributed by atoms with Crippen molar-refractivity contribution in [1.29, 1.82) is 0 Å². The molecule has 1 rings (SSSR count). The second-order valence-corrected chi connectivity index (χ2v) is 7.05. The second kappa shape index (κ2) is 12.8. The van der Waals surface area contributed by atoms with Crippen LogP contribution in [0.3, 0.4) is 0 Å². The van der Waals surface area contributed by atoms with Crippen molar-refractivity contribution in [2.75, 3.05) is 13.2 Å². The summed E-state index contributed by atoms with van der Waals surface area (Å²) in [5.74, 6) is -0.279. The molecule has 1 aliphatic heterocycles. The van der Waals surface area contributed by atoms with Gasteiger partial charge in [0.25, 0.3) is 0 Å². The summed E-state index contributed by atoms with van der Waals surface area (Å²) >= 11 is 0. The first-order valence-electron chi connectivity index (χ1n) is 9.86. The van der Waals surface area contributed by atoms with Crippen LogP contribution in [0.5, 0.6) is 0 Å². The van der Waals surface area contributed by atoms with Gasteiger partial charge in [-0.3, -0.25) is 10.1 Å². The zero-order valence-electron chi connectivity index (χ0n) is 15.2. The van der Waals surface area contributed by atoms with Gasteiger partial charge in [-0.2, -0.15) is 0 Å².